The topological polar surface area (TPSA) is 107 Å². The summed E-state index contributed by atoms with van der Waals surface area (Å²) in [4.78, 5) is 36.4. The molecule has 0 saturated carbocycles. The van der Waals surface area contributed by atoms with Gasteiger partial charge in [0.15, 0.2) is 18.5 Å². The number of carbonyl (C=O) groups excluding carboxylic acids is 3. The van der Waals surface area contributed by atoms with Crippen molar-refractivity contribution in [1.29, 1.82) is 0 Å². The molecule has 1 aliphatic heterocycles. The van der Waals surface area contributed by atoms with Gasteiger partial charge >= 0.3 is 17.9 Å². The maximum atomic E-state index is 12.7. The number of benzene rings is 2. The van der Waals surface area contributed by atoms with Gasteiger partial charge in [0.2, 0.25) is 0 Å². The van der Waals surface area contributed by atoms with Crippen molar-refractivity contribution in [2.75, 3.05) is 26.4 Å². The number of carbonyl (C=O) groups is 3. The van der Waals surface area contributed by atoms with Crippen molar-refractivity contribution >= 4 is 17.9 Å². The first-order chi connectivity index (χ1) is 21.0. The summed E-state index contributed by atoms with van der Waals surface area (Å²) in [6.45, 7) is 8.91. The first-order valence-corrected chi connectivity index (χ1v) is 15.2. The molecule has 234 valence electrons. The zero-order valence-electron chi connectivity index (χ0n) is 25.3. The van der Waals surface area contributed by atoms with Crippen molar-refractivity contribution in [3.05, 3.63) is 66.7 Å². The number of ether oxygens (including phenoxy) is 6. The third-order valence-electron chi connectivity index (χ3n) is 6.85. The predicted molar refractivity (Wildman–Crippen MR) is 161 cm³/mol. The summed E-state index contributed by atoms with van der Waals surface area (Å²) < 4.78 is 33.3. The van der Waals surface area contributed by atoms with Crippen LogP contribution in [0.2, 0.25) is 0 Å². The molecule has 43 heavy (non-hydrogen) atoms. The molecule has 0 aromatic heterocycles. The highest BCUT2D eigenvalue weighted by molar-refractivity contribution is 5.86. The van der Waals surface area contributed by atoms with Crippen LogP contribution in [0, 0.1) is 0 Å². The average Bonchev–Trinajstić information content (AvgIpc) is 3.49. The van der Waals surface area contributed by atoms with Gasteiger partial charge < -0.3 is 28.4 Å². The number of rotatable bonds is 19. The molecule has 0 spiro atoms. The maximum Gasteiger partial charge on any atom is 0.338 e. The van der Waals surface area contributed by atoms with Gasteiger partial charge in [-0.1, -0.05) is 69.7 Å². The van der Waals surface area contributed by atoms with E-state index in [0.29, 0.717) is 18.8 Å². The van der Waals surface area contributed by atoms with Crippen LogP contribution in [0.25, 0.3) is 11.1 Å². The van der Waals surface area contributed by atoms with Gasteiger partial charge in [-0.15, -0.1) is 0 Å². The van der Waals surface area contributed by atoms with Crippen LogP contribution in [0.15, 0.2) is 61.2 Å². The van der Waals surface area contributed by atoms with E-state index in [1.807, 2.05) is 62.4 Å². The van der Waals surface area contributed by atoms with E-state index in [0.717, 1.165) is 68.2 Å². The second-order valence-electron chi connectivity index (χ2n) is 10.3. The van der Waals surface area contributed by atoms with E-state index < -0.39 is 30.4 Å². The van der Waals surface area contributed by atoms with Gasteiger partial charge in [0.05, 0.1) is 26.4 Å². The molecule has 1 aliphatic rings. The van der Waals surface area contributed by atoms with Crippen LogP contribution in [0.1, 0.15) is 77.1 Å². The fourth-order valence-electron chi connectivity index (χ4n) is 4.31. The zero-order chi connectivity index (χ0) is 30.9. The third-order valence-corrected chi connectivity index (χ3v) is 6.85. The minimum atomic E-state index is -1.19. The highest BCUT2D eigenvalue weighted by atomic mass is 16.8. The van der Waals surface area contributed by atoms with Gasteiger partial charge in [-0.2, -0.15) is 0 Å². The molecule has 0 amide bonds. The molecule has 2 atom stereocenters. The molecule has 0 bridgehead atoms. The third kappa shape index (κ3) is 11.1. The Kier molecular flexibility index (Phi) is 14.8. The van der Waals surface area contributed by atoms with Crippen molar-refractivity contribution < 1.29 is 42.8 Å². The molecule has 1 saturated heterocycles. The van der Waals surface area contributed by atoms with Crippen LogP contribution in [-0.4, -0.2) is 56.5 Å². The average molecular weight is 597 g/mol. The van der Waals surface area contributed by atoms with E-state index >= 15 is 0 Å². The van der Waals surface area contributed by atoms with Gasteiger partial charge in [-0.25, -0.2) is 14.4 Å². The van der Waals surface area contributed by atoms with E-state index in [-0.39, 0.29) is 19.2 Å². The van der Waals surface area contributed by atoms with Gasteiger partial charge in [0.25, 0.3) is 0 Å². The van der Waals surface area contributed by atoms with Crippen LogP contribution in [0.3, 0.4) is 0 Å². The van der Waals surface area contributed by atoms with Crippen molar-refractivity contribution in [3.8, 4) is 16.9 Å². The quantitative estimate of drug-likeness (QED) is 0.0778. The second-order valence-corrected chi connectivity index (χ2v) is 10.3. The smallest absolute Gasteiger partial charge is 0.338 e. The number of esters is 3. The van der Waals surface area contributed by atoms with Gasteiger partial charge in [0.1, 0.15) is 5.75 Å². The van der Waals surface area contributed by atoms with E-state index in [1.165, 1.54) is 6.08 Å². The molecular weight excluding hydrogens is 552 g/mol. The Morgan fingerprint density at radius 1 is 0.674 bits per heavy atom. The lowest BCUT2D eigenvalue weighted by atomic mass is 10.0. The molecule has 0 aliphatic carbocycles. The summed E-state index contributed by atoms with van der Waals surface area (Å²) in [5, 5.41) is 0. The highest BCUT2D eigenvalue weighted by Gasteiger charge is 2.47. The monoisotopic (exact) mass is 596 g/mol. The van der Waals surface area contributed by atoms with Crippen LogP contribution < -0.4 is 4.74 Å². The van der Waals surface area contributed by atoms with Gasteiger partial charge in [-0.05, 0) is 61.8 Å². The lowest BCUT2D eigenvalue weighted by molar-refractivity contribution is -0.163. The van der Waals surface area contributed by atoms with Crippen LogP contribution >= 0.6 is 0 Å². The predicted octanol–water partition coefficient (Wildman–Crippen LogP) is 6.49. The molecule has 3 rings (SSSR count). The lowest BCUT2D eigenvalue weighted by Gasteiger charge is -2.14. The van der Waals surface area contributed by atoms with Crippen molar-refractivity contribution in [2.24, 2.45) is 0 Å². The van der Waals surface area contributed by atoms with Crippen LogP contribution in [0.5, 0.6) is 5.75 Å². The minimum Gasteiger partial charge on any atom is -0.494 e. The molecule has 0 N–H and O–H groups in total. The lowest BCUT2D eigenvalue weighted by Crippen LogP contribution is -2.39. The number of unbranched alkanes of at least 4 members (excludes halogenated alkanes) is 5. The largest absolute Gasteiger partial charge is 0.494 e. The Labute approximate surface area is 254 Å². The highest BCUT2D eigenvalue weighted by Crippen LogP contribution is 2.34. The van der Waals surface area contributed by atoms with E-state index in [1.54, 1.807) is 0 Å². The van der Waals surface area contributed by atoms with Crippen molar-refractivity contribution in [2.45, 2.75) is 83.7 Å². The first kappa shape index (κ1) is 33.8. The Morgan fingerprint density at radius 2 is 1.16 bits per heavy atom. The summed E-state index contributed by atoms with van der Waals surface area (Å²) in [5.74, 6) is -0.844. The molecule has 9 nitrogen and oxygen atoms in total. The normalized spacial score (nSPS) is 16.4. The van der Waals surface area contributed by atoms with E-state index in [9.17, 15) is 14.4 Å². The molecule has 2 aromatic carbocycles. The second kappa shape index (κ2) is 18.8. The SMILES string of the molecule is C=CC(=O)OCCCCCCOc1ccc(-c2ccc(C3O[C@@H](C(=O)OCCCC)[C@H](C(=O)OCCCC)O3)cc2)cc1. The standard InChI is InChI=1S/C34H44O9/c1-4-7-21-40-32(36)30-31(33(37)41-22-8-5-2)43-34(42-30)27-15-13-25(14-16-27)26-17-19-28(20-18-26)38-23-11-9-10-12-24-39-29(35)6-3/h6,13-20,30-31,34H,3-5,7-12,21-24H2,1-2H3/t30-,31-/m1/s1. The summed E-state index contributed by atoms with van der Waals surface area (Å²) in [7, 11) is 0. The van der Waals surface area contributed by atoms with Crippen molar-refractivity contribution in [1.82, 2.24) is 0 Å². The number of hydrogen-bond donors (Lipinski definition) is 0. The van der Waals surface area contributed by atoms with Crippen LogP contribution in [-0.2, 0) is 38.1 Å². The molecule has 1 fully saturated rings. The summed E-state index contributed by atoms with van der Waals surface area (Å²) in [5.41, 5.74) is 2.67. The molecule has 0 unspecified atom stereocenters. The fourth-order valence-corrected chi connectivity index (χ4v) is 4.31. The number of hydrogen-bond acceptors (Lipinski definition) is 9. The van der Waals surface area contributed by atoms with E-state index in [4.69, 9.17) is 28.4 Å². The Hall–Kier alpha value is -3.69. The summed E-state index contributed by atoms with van der Waals surface area (Å²) >= 11 is 0. The molecule has 1 heterocycles. The zero-order valence-corrected chi connectivity index (χ0v) is 25.3. The Balaban J connectivity index is 1.51. The Bertz CT molecular complexity index is 1110. The fraction of sp³-hybridized carbons (Fsp3) is 0.500. The van der Waals surface area contributed by atoms with Gasteiger partial charge in [0, 0.05) is 11.6 Å². The Morgan fingerprint density at radius 3 is 1.67 bits per heavy atom. The summed E-state index contributed by atoms with van der Waals surface area (Å²) in [6, 6.07) is 15.4. The minimum absolute atomic E-state index is 0.257. The van der Waals surface area contributed by atoms with Crippen molar-refractivity contribution in [3.63, 3.8) is 0 Å². The van der Waals surface area contributed by atoms with Gasteiger partial charge in [-0.3, -0.25) is 0 Å². The summed E-state index contributed by atoms with van der Waals surface area (Å²) in [6.07, 6.45) is 4.79. The molecule has 9 heteroatoms. The van der Waals surface area contributed by atoms with E-state index in [2.05, 4.69) is 6.58 Å². The molecular formula is C34H44O9. The first-order valence-electron chi connectivity index (χ1n) is 15.2. The maximum absolute atomic E-state index is 12.7. The van der Waals surface area contributed by atoms with Crippen LogP contribution in [0.4, 0.5) is 0 Å². The molecule has 2 aromatic rings. The molecule has 0 radical (unpaired) electrons.